The highest BCUT2D eigenvalue weighted by Gasteiger charge is 2.18. The molecule has 28 heavy (non-hydrogen) atoms. The monoisotopic (exact) mass is 379 g/mol. The molecule has 3 heterocycles. The highest BCUT2D eigenvalue weighted by Crippen LogP contribution is 2.26. The molecule has 1 saturated heterocycles. The fraction of sp³-hybridized carbons (Fsp3) is 0.286. The van der Waals surface area contributed by atoms with Crippen molar-refractivity contribution in [3.05, 3.63) is 60.6 Å². The van der Waals surface area contributed by atoms with Crippen LogP contribution in [0.1, 0.15) is 29.8 Å². The second-order valence-electron chi connectivity index (χ2n) is 6.57. The predicted molar refractivity (Wildman–Crippen MR) is 103 cm³/mol. The van der Waals surface area contributed by atoms with Crippen LogP contribution in [0.5, 0.6) is 5.75 Å². The fourth-order valence-electron chi connectivity index (χ4n) is 3.03. The Morgan fingerprint density at radius 1 is 1.21 bits per heavy atom. The van der Waals surface area contributed by atoms with Gasteiger partial charge in [0.05, 0.1) is 11.8 Å². The number of carbonyl (C=O) groups is 1. The zero-order valence-electron chi connectivity index (χ0n) is 15.3. The third-order valence-electron chi connectivity index (χ3n) is 4.52. The maximum atomic E-state index is 12.6. The van der Waals surface area contributed by atoms with Crippen molar-refractivity contribution in [1.82, 2.24) is 10.1 Å². The summed E-state index contributed by atoms with van der Waals surface area (Å²) < 4.78 is 16.9. The molecule has 4 rings (SSSR count). The third-order valence-corrected chi connectivity index (χ3v) is 4.52. The highest BCUT2D eigenvalue weighted by atomic mass is 16.5. The average Bonchev–Trinajstić information content (AvgIpc) is 3.25. The lowest BCUT2D eigenvalue weighted by molar-refractivity contribution is -0.0109. The van der Waals surface area contributed by atoms with Crippen LogP contribution in [0.4, 0.5) is 5.69 Å². The molecule has 0 saturated carbocycles. The van der Waals surface area contributed by atoms with Crippen LogP contribution < -0.4 is 10.1 Å². The maximum absolute atomic E-state index is 12.6. The van der Waals surface area contributed by atoms with Crippen molar-refractivity contribution in [1.29, 1.82) is 0 Å². The minimum atomic E-state index is -0.371. The summed E-state index contributed by atoms with van der Waals surface area (Å²) in [5, 5.41) is 6.70. The van der Waals surface area contributed by atoms with E-state index in [4.69, 9.17) is 14.0 Å². The van der Waals surface area contributed by atoms with Crippen LogP contribution in [0.3, 0.4) is 0 Å². The Morgan fingerprint density at radius 3 is 2.96 bits per heavy atom. The minimum absolute atomic E-state index is 0.0927. The summed E-state index contributed by atoms with van der Waals surface area (Å²) in [5.74, 6) is 0.710. The predicted octanol–water partition coefficient (Wildman–Crippen LogP) is 3.94. The fourth-order valence-corrected chi connectivity index (χ4v) is 3.03. The maximum Gasteiger partial charge on any atom is 0.277 e. The zero-order valence-corrected chi connectivity index (χ0v) is 15.3. The largest absolute Gasteiger partial charge is 0.489 e. The van der Waals surface area contributed by atoms with Gasteiger partial charge in [-0.05, 0) is 43.5 Å². The van der Waals surface area contributed by atoms with Gasteiger partial charge < -0.3 is 19.3 Å². The van der Waals surface area contributed by atoms with Crippen LogP contribution in [0.25, 0.3) is 11.3 Å². The van der Waals surface area contributed by atoms with E-state index in [1.165, 1.54) is 0 Å². The SMILES string of the molecule is O=C(Nc1ccccc1OCC1CCCCO1)c1cc(-c2cccnc2)on1. The van der Waals surface area contributed by atoms with E-state index < -0.39 is 0 Å². The molecule has 1 unspecified atom stereocenters. The molecule has 1 atom stereocenters. The lowest BCUT2D eigenvalue weighted by atomic mass is 10.1. The molecule has 7 nitrogen and oxygen atoms in total. The van der Waals surface area contributed by atoms with E-state index in [0.717, 1.165) is 31.4 Å². The van der Waals surface area contributed by atoms with Gasteiger partial charge in [-0.1, -0.05) is 17.3 Å². The summed E-state index contributed by atoms with van der Waals surface area (Å²) in [6.45, 7) is 1.24. The molecule has 1 aliphatic rings. The Morgan fingerprint density at radius 2 is 2.14 bits per heavy atom. The van der Waals surface area contributed by atoms with Gasteiger partial charge in [0.2, 0.25) is 0 Å². The number of anilines is 1. The van der Waals surface area contributed by atoms with E-state index in [1.807, 2.05) is 24.3 Å². The molecular formula is C21H21N3O4. The number of benzene rings is 1. The van der Waals surface area contributed by atoms with Crippen molar-refractivity contribution < 1.29 is 18.8 Å². The van der Waals surface area contributed by atoms with Gasteiger partial charge in [0, 0.05) is 30.6 Å². The van der Waals surface area contributed by atoms with Gasteiger partial charge in [0.15, 0.2) is 11.5 Å². The van der Waals surface area contributed by atoms with Crippen LogP contribution in [0.2, 0.25) is 0 Å². The summed E-state index contributed by atoms with van der Waals surface area (Å²) in [7, 11) is 0. The Hall–Kier alpha value is -3.19. The summed E-state index contributed by atoms with van der Waals surface area (Å²) in [4.78, 5) is 16.6. The molecule has 0 aliphatic carbocycles. The number of amides is 1. The third kappa shape index (κ3) is 4.37. The highest BCUT2D eigenvalue weighted by molar-refractivity contribution is 6.04. The number of nitrogens with zero attached hydrogens (tertiary/aromatic N) is 2. The molecule has 2 aromatic heterocycles. The Bertz CT molecular complexity index is 920. The van der Waals surface area contributed by atoms with Gasteiger partial charge in [0.1, 0.15) is 12.4 Å². The Kier molecular flexibility index (Phi) is 5.63. The van der Waals surface area contributed by atoms with E-state index in [1.54, 1.807) is 30.6 Å². The van der Waals surface area contributed by atoms with E-state index in [2.05, 4.69) is 15.5 Å². The van der Waals surface area contributed by atoms with Gasteiger partial charge in [-0.3, -0.25) is 9.78 Å². The summed E-state index contributed by atoms with van der Waals surface area (Å²) in [6.07, 6.45) is 6.65. The molecule has 0 bridgehead atoms. The molecule has 0 spiro atoms. The lowest BCUT2D eigenvalue weighted by Crippen LogP contribution is -2.26. The first-order valence-electron chi connectivity index (χ1n) is 9.31. The summed E-state index contributed by atoms with van der Waals surface area (Å²) >= 11 is 0. The second-order valence-corrected chi connectivity index (χ2v) is 6.57. The van der Waals surface area contributed by atoms with E-state index in [9.17, 15) is 4.79 Å². The second kappa shape index (κ2) is 8.67. The molecule has 7 heteroatoms. The van der Waals surface area contributed by atoms with Crippen molar-refractivity contribution in [2.24, 2.45) is 0 Å². The number of hydrogen-bond acceptors (Lipinski definition) is 6. The first-order chi connectivity index (χ1) is 13.8. The van der Waals surface area contributed by atoms with E-state index >= 15 is 0 Å². The van der Waals surface area contributed by atoms with Gasteiger partial charge in [-0.25, -0.2) is 0 Å². The van der Waals surface area contributed by atoms with Crippen LogP contribution in [-0.2, 0) is 4.74 Å². The number of carbonyl (C=O) groups excluding carboxylic acids is 1. The number of rotatable bonds is 6. The molecule has 144 valence electrons. The van der Waals surface area contributed by atoms with Gasteiger partial charge >= 0.3 is 0 Å². The molecule has 3 aromatic rings. The Labute approximate surface area is 162 Å². The average molecular weight is 379 g/mol. The van der Waals surface area contributed by atoms with Gasteiger partial charge in [0.25, 0.3) is 5.91 Å². The standard InChI is InChI=1S/C21H21N3O4/c25-21(18-12-20(28-24-18)15-6-5-10-22-13-15)23-17-8-1-2-9-19(17)27-14-16-7-3-4-11-26-16/h1-2,5-6,8-10,12-13,16H,3-4,7,11,14H2,(H,23,25). The lowest BCUT2D eigenvalue weighted by Gasteiger charge is -2.23. The van der Waals surface area contributed by atoms with Crippen LogP contribution >= 0.6 is 0 Å². The number of ether oxygens (including phenoxy) is 2. The molecule has 1 aliphatic heterocycles. The van der Waals surface area contributed by atoms with Crippen molar-refractivity contribution in [2.75, 3.05) is 18.5 Å². The van der Waals surface area contributed by atoms with Crippen LogP contribution in [0.15, 0.2) is 59.4 Å². The molecule has 1 N–H and O–H groups in total. The van der Waals surface area contributed by atoms with Gasteiger partial charge in [-0.2, -0.15) is 0 Å². The number of hydrogen-bond donors (Lipinski definition) is 1. The minimum Gasteiger partial charge on any atom is -0.489 e. The number of aromatic nitrogens is 2. The van der Waals surface area contributed by atoms with Crippen molar-refractivity contribution in [3.8, 4) is 17.1 Å². The molecule has 1 aromatic carbocycles. The first kappa shape index (κ1) is 18.2. The summed E-state index contributed by atoms with van der Waals surface area (Å²) in [5.41, 5.74) is 1.52. The molecule has 1 fully saturated rings. The molecule has 0 radical (unpaired) electrons. The summed E-state index contributed by atoms with van der Waals surface area (Å²) in [6, 6.07) is 12.5. The first-order valence-corrected chi connectivity index (χ1v) is 9.31. The van der Waals surface area contributed by atoms with Gasteiger partial charge in [-0.15, -0.1) is 0 Å². The molecular weight excluding hydrogens is 358 g/mol. The normalized spacial score (nSPS) is 16.5. The van der Waals surface area contributed by atoms with Crippen LogP contribution in [-0.4, -0.2) is 35.4 Å². The van der Waals surface area contributed by atoms with Crippen molar-refractivity contribution in [3.63, 3.8) is 0 Å². The quantitative estimate of drug-likeness (QED) is 0.698. The van der Waals surface area contributed by atoms with Crippen molar-refractivity contribution >= 4 is 11.6 Å². The smallest absolute Gasteiger partial charge is 0.277 e. The zero-order chi connectivity index (χ0) is 19.2. The molecule has 1 amide bonds. The number of pyridine rings is 1. The number of nitrogens with one attached hydrogen (secondary N) is 1. The number of para-hydroxylation sites is 2. The van der Waals surface area contributed by atoms with Crippen LogP contribution in [0, 0.1) is 0 Å². The Balaban J connectivity index is 1.42. The van der Waals surface area contributed by atoms with E-state index in [-0.39, 0.29) is 17.7 Å². The van der Waals surface area contributed by atoms with Crippen molar-refractivity contribution in [2.45, 2.75) is 25.4 Å². The topological polar surface area (TPSA) is 86.5 Å². The van der Waals surface area contributed by atoms with E-state index in [0.29, 0.717) is 23.8 Å².